The summed E-state index contributed by atoms with van der Waals surface area (Å²) in [6.45, 7) is 3.76. The maximum absolute atomic E-state index is 12.3. The lowest BCUT2D eigenvalue weighted by Crippen LogP contribution is -2.20. The number of hydrogen-bond acceptors (Lipinski definition) is 6. The van der Waals surface area contributed by atoms with Crippen LogP contribution in [-0.4, -0.2) is 25.9 Å². The number of amides is 1. The number of thiazole rings is 1. The summed E-state index contributed by atoms with van der Waals surface area (Å²) in [5.74, 6) is 0.322. The summed E-state index contributed by atoms with van der Waals surface area (Å²) in [6.07, 6.45) is 1.52. The lowest BCUT2D eigenvalue weighted by molar-refractivity contribution is -0.118. The first-order valence-electron chi connectivity index (χ1n) is 8.36. The highest BCUT2D eigenvalue weighted by molar-refractivity contribution is 7.93. The van der Waals surface area contributed by atoms with Gasteiger partial charge in [-0.1, -0.05) is 12.1 Å². The molecule has 28 heavy (non-hydrogen) atoms. The molecule has 3 aromatic rings. The van der Waals surface area contributed by atoms with E-state index in [-0.39, 0.29) is 17.4 Å². The minimum Gasteiger partial charge on any atom is -0.483 e. The number of anilines is 2. The number of aromatic nitrogens is 1. The fourth-order valence-corrected chi connectivity index (χ4v) is 4.17. The molecule has 0 atom stereocenters. The molecule has 0 radical (unpaired) electrons. The van der Waals surface area contributed by atoms with Crippen LogP contribution < -0.4 is 14.8 Å². The SMILES string of the molecule is Cc1cccc(OCC(=O)Nc2ccc(S(=O)(=O)Nc3nccs3)cc2)c1C. The van der Waals surface area contributed by atoms with Crippen molar-refractivity contribution in [1.82, 2.24) is 4.98 Å². The van der Waals surface area contributed by atoms with Gasteiger partial charge in [0.2, 0.25) is 0 Å². The van der Waals surface area contributed by atoms with Crippen molar-refractivity contribution in [2.24, 2.45) is 0 Å². The Bertz CT molecular complexity index is 1060. The molecular formula is C19H19N3O4S2. The van der Waals surface area contributed by atoms with Gasteiger partial charge < -0.3 is 10.1 Å². The number of nitrogens with one attached hydrogen (secondary N) is 2. The molecule has 0 aliphatic rings. The molecule has 3 rings (SSSR count). The molecule has 9 heteroatoms. The number of carbonyl (C=O) groups excluding carboxylic acids is 1. The Hall–Kier alpha value is -2.91. The fraction of sp³-hybridized carbons (Fsp3) is 0.158. The highest BCUT2D eigenvalue weighted by atomic mass is 32.2. The van der Waals surface area contributed by atoms with Crippen LogP contribution in [0.5, 0.6) is 5.75 Å². The predicted molar refractivity (Wildman–Crippen MR) is 109 cm³/mol. The van der Waals surface area contributed by atoms with Gasteiger partial charge in [0, 0.05) is 17.3 Å². The van der Waals surface area contributed by atoms with Gasteiger partial charge in [-0.2, -0.15) is 0 Å². The Labute approximate surface area is 167 Å². The second-order valence-electron chi connectivity index (χ2n) is 6.00. The summed E-state index contributed by atoms with van der Waals surface area (Å²) in [6, 6.07) is 11.5. The summed E-state index contributed by atoms with van der Waals surface area (Å²) in [7, 11) is -3.72. The topological polar surface area (TPSA) is 97.4 Å². The third-order valence-corrected chi connectivity index (χ3v) is 6.19. The van der Waals surface area contributed by atoms with Crippen LogP contribution in [0.2, 0.25) is 0 Å². The van der Waals surface area contributed by atoms with E-state index >= 15 is 0 Å². The zero-order valence-corrected chi connectivity index (χ0v) is 16.9. The molecular weight excluding hydrogens is 398 g/mol. The molecule has 0 saturated heterocycles. The maximum atomic E-state index is 12.3. The minimum absolute atomic E-state index is 0.0762. The molecule has 1 heterocycles. The molecule has 1 aromatic heterocycles. The smallest absolute Gasteiger partial charge is 0.263 e. The van der Waals surface area contributed by atoms with E-state index in [0.717, 1.165) is 11.1 Å². The Morgan fingerprint density at radius 1 is 1.14 bits per heavy atom. The third kappa shape index (κ3) is 4.87. The van der Waals surface area contributed by atoms with Crippen LogP contribution in [0.1, 0.15) is 11.1 Å². The zero-order valence-electron chi connectivity index (χ0n) is 15.3. The van der Waals surface area contributed by atoms with Gasteiger partial charge in [0.1, 0.15) is 5.75 Å². The molecule has 2 aromatic carbocycles. The van der Waals surface area contributed by atoms with Crippen molar-refractivity contribution in [3.8, 4) is 5.75 Å². The van der Waals surface area contributed by atoms with E-state index in [9.17, 15) is 13.2 Å². The number of hydrogen-bond donors (Lipinski definition) is 2. The van der Waals surface area contributed by atoms with Gasteiger partial charge >= 0.3 is 0 Å². The number of ether oxygens (including phenoxy) is 1. The summed E-state index contributed by atoms with van der Waals surface area (Å²) >= 11 is 1.19. The van der Waals surface area contributed by atoms with Crippen LogP contribution in [0.25, 0.3) is 0 Å². The predicted octanol–water partition coefficient (Wildman–Crippen LogP) is 3.58. The van der Waals surface area contributed by atoms with Crippen molar-refractivity contribution in [1.29, 1.82) is 0 Å². The van der Waals surface area contributed by atoms with Crippen LogP contribution in [0.15, 0.2) is 58.9 Å². The number of benzene rings is 2. The molecule has 0 aliphatic heterocycles. The second-order valence-corrected chi connectivity index (χ2v) is 8.58. The number of nitrogens with zero attached hydrogens (tertiary/aromatic N) is 1. The van der Waals surface area contributed by atoms with Crippen molar-refractivity contribution in [2.45, 2.75) is 18.7 Å². The summed E-state index contributed by atoms with van der Waals surface area (Å²) in [4.78, 5) is 16.1. The molecule has 0 bridgehead atoms. The van der Waals surface area contributed by atoms with Crippen molar-refractivity contribution in [3.63, 3.8) is 0 Å². The highest BCUT2D eigenvalue weighted by Crippen LogP contribution is 2.21. The van der Waals surface area contributed by atoms with E-state index in [4.69, 9.17) is 4.74 Å². The summed E-state index contributed by atoms with van der Waals surface area (Å²) < 4.78 is 32.6. The first-order valence-corrected chi connectivity index (χ1v) is 10.7. The number of rotatable bonds is 7. The monoisotopic (exact) mass is 417 g/mol. The number of carbonyl (C=O) groups is 1. The lowest BCUT2D eigenvalue weighted by Gasteiger charge is -2.11. The van der Waals surface area contributed by atoms with Crippen LogP contribution in [0.3, 0.4) is 0 Å². The van der Waals surface area contributed by atoms with E-state index in [0.29, 0.717) is 16.6 Å². The van der Waals surface area contributed by atoms with Gasteiger partial charge in [-0.25, -0.2) is 13.4 Å². The number of aryl methyl sites for hydroxylation is 1. The average Bonchev–Trinajstić information content (AvgIpc) is 3.16. The van der Waals surface area contributed by atoms with E-state index in [1.807, 2.05) is 32.0 Å². The largest absolute Gasteiger partial charge is 0.483 e. The van der Waals surface area contributed by atoms with E-state index in [1.54, 1.807) is 5.38 Å². The second kappa shape index (κ2) is 8.41. The molecule has 1 amide bonds. The highest BCUT2D eigenvalue weighted by Gasteiger charge is 2.15. The normalized spacial score (nSPS) is 11.1. The van der Waals surface area contributed by atoms with Gasteiger partial charge in [-0.15, -0.1) is 11.3 Å². The molecule has 7 nitrogen and oxygen atoms in total. The lowest BCUT2D eigenvalue weighted by atomic mass is 10.1. The first-order chi connectivity index (χ1) is 13.3. The van der Waals surface area contributed by atoms with Crippen LogP contribution in [0, 0.1) is 13.8 Å². The van der Waals surface area contributed by atoms with Crippen LogP contribution in [-0.2, 0) is 14.8 Å². The van der Waals surface area contributed by atoms with E-state index < -0.39 is 10.0 Å². The average molecular weight is 418 g/mol. The molecule has 146 valence electrons. The molecule has 0 unspecified atom stereocenters. The summed E-state index contributed by atoms with van der Waals surface area (Å²) in [5, 5.41) is 4.65. The Balaban J connectivity index is 1.59. The van der Waals surface area contributed by atoms with E-state index in [2.05, 4.69) is 15.0 Å². The first kappa shape index (κ1) is 19.8. The van der Waals surface area contributed by atoms with Gasteiger partial charge in [-0.3, -0.25) is 9.52 Å². The zero-order chi connectivity index (χ0) is 20.1. The Morgan fingerprint density at radius 3 is 2.57 bits per heavy atom. The Morgan fingerprint density at radius 2 is 1.89 bits per heavy atom. The van der Waals surface area contributed by atoms with Crippen molar-refractivity contribution >= 4 is 38.1 Å². The fourth-order valence-electron chi connectivity index (χ4n) is 2.39. The van der Waals surface area contributed by atoms with Crippen molar-refractivity contribution in [3.05, 3.63) is 65.2 Å². The summed E-state index contributed by atoms with van der Waals surface area (Å²) in [5.41, 5.74) is 2.54. The van der Waals surface area contributed by atoms with Gasteiger partial charge in [0.05, 0.1) is 4.90 Å². The van der Waals surface area contributed by atoms with Gasteiger partial charge in [-0.05, 0) is 55.3 Å². The minimum atomic E-state index is -3.72. The van der Waals surface area contributed by atoms with Crippen LogP contribution >= 0.6 is 11.3 Å². The van der Waals surface area contributed by atoms with E-state index in [1.165, 1.54) is 41.8 Å². The van der Waals surface area contributed by atoms with Crippen molar-refractivity contribution < 1.29 is 17.9 Å². The molecule has 0 fully saturated rings. The van der Waals surface area contributed by atoms with Gasteiger partial charge in [0.25, 0.3) is 15.9 Å². The molecule has 2 N–H and O–H groups in total. The maximum Gasteiger partial charge on any atom is 0.263 e. The quantitative estimate of drug-likeness (QED) is 0.612. The van der Waals surface area contributed by atoms with Gasteiger partial charge in [0.15, 0.2) is 11.7 Å². The number of sulfonamides is 1. The molecule has 0 spiro atoms. The molecule has 0 saturated carbocycles. The van der Waals surface area contributed by atoms with Crippen molar-refractivity contribution in [2.75, 3.05) is 16.6 Å². The molecule has 0 aliphatic carbocycles. The third-order valence-electron chi connectivity index (χ3n) is 4.02. The Kier molecular flexibility index (Phi) is 5.96. The standard InChI is InChI=1S/C19H19N3O4S2/c1-13-4-3-5-17(14(13)2)26-12-18(23)21-15-6-8-16(9-7-15)28(24,25)22-19-20-10-11-27-19/h3-11H,12H2,1-2H3,(H,20,22)(H,21,23). The van der Waals surface area contributed by atoms with Crippen LogP contribution in [0.4, 0.5) is 10.8 Å².